The van der Waals surface area contributed by atoms with Crippen molar-refractivity contribution in [2.75, 3.05) is 19.6 Å². The minimum atomic E-state index is -0.673. The van der Waals surface area contributed by atoms with E-state index in [0.717, 1.165) is 44.6 Å². The first-order chi connectivity index (χ1) is 14.6. The lowest BCUT2D eigenvalue weighted by molar-refractivity contribution is -0.0287. The van der Waals surface area contributed by atoms with Crippen LogP contribution in [0.5, 0.6) is 0 Å². The van der Waals surface area contributed by atoms with Gasteiger partial charge in [0.05, 0.1) is 5.60 Å². The van der Waals surface area contributed by atoms with Crippen LogP contribution in [0.25, 0.3) is 21.8 Å². The molecule has 2 heterocycles. The van der Waals surface area contributed by atoms with Crippen molar-refractivity contribution in [2.24, 2.45) is 5.92 Å². The van der Waals surface area contributed by atoms with Crippen molar-refractivity contribution in [3.8, 4) is 0 Å². The van der Waals surface area contributed by atoms with Gasteiger partial charge in [-0.3, -0.25) is 0 Å². The van der Waals surface area contributed by atoms with Gasteiger partial charge in [-0.25, -0.2) is 0 Å². The number of hydrogen-bond donors (Lipinski definition) is 1. The Hall–Kier alpha value is -2.62. The van der Waals surface area contributed by atoms with E-state index in [-0.39, 0.29) is 0 Å². The number of rotatable bonds is 5. The molecule has 1 aliphatic rings. The van der Waals surface area contributed by atoms with Crippen LogP contribution in [0, 0.1) is 5.92 Å². The van der Waals surface area contributed by atoms with Crippen molar-refractivity contribution in [3.05, 3.63) is 84.4 Å². The van der Waals surface area contributed by atoms with Crippen LogP contribution in [0.1, 0.15) is 25.3 Å². The smallest absolute Gasteiger partial charge is 0.0920 e. The first-order valence-corrected chi connectivity index (χ1v) is 11.1. The summed E-state index contributed by atoms with van der Waals surface area (Å²) >= 11 is 0. The number of fused-ring (bicyclic) bond motifs is 3. The summed E-state index contributed by atoms with van der Waals surface area (Å²) in [4.78, 5) is 2.52. The fourth-order valence-electron chi connectivity index (χ4n) is 5.15. The maximum absolute atomic E-state index is 11.1. The number of likely N-dealkylation sites (tertiary alicyclic amines) is 1. The molecule has 5 rings (SSSR count). The molecule has 1 fully saturated rings. The van der Waals surface area contributed by atoms with Gasteiger partial charge in [0.1, 0.15) is 0 Å². The number of para-hydroxylation sites is 2. The van der Waals surface area contributed by atoms with Gasteiger partial charge in [0.25, 0.3) is 0 Å². The molecule has 30 heavy (non-hydrogen) atoms. The highest BCUT2D eigenvalue weighted by atomic mass is 16.3. The number of aromatic nitrogens is 1. The summed E-state index contributed by atoms with van der Waals surface area (Å²) in [6.45, 7) is 6.31. The lowest BCUT2D eigenvalue weighted by Gasteiger charge is -2.39. The van der Waals surface area contributed by atoms with Gasteiger partial charge in [-0.05, 0) is 36.5 Å². The summed E-state index contributed by atoms with van der Waals surface area (Å²) in [7, 11) is 0. The van der Waals surface area contributed by atoms with E-state index in [1.807, 2.05) is 18.2 Å². The zero-order valence-electron chi connectivity index (χ0n) is 17.7. The van der Waals surface area contributed by atoms with Gasteiger partial charge in [0.15, 0.2) is 0 Å². The van der Waals surface area contributed by atoms with Crippen molar-refractivity contribution in [1.29, 1.82) is 0 Å². The van der Waals surface area contributed by atoms with Gasteiger partial charge in [0, 0.05) is 48.0 Å². The summed E-state index contributed by atoms with van der Waals surface area (Å²) < 4.78 is 2.49. The predicted molar refractivity (Wildman–Crippen MR) is 125 cm³/mol. The van der Waals surface area contributed by atoms with Crippen molar-refractivity contribution in [2.45, 2.75) is 31.9 Å². The number of nitrogens with zero attached hydrogens (tertiary/aromatic N) is 2. The highest BCUT2D eigenvalue weighted by molar-refractivity contribution is 6.07. The van der Waals surface area contributed by atoms with Crippen molar-refractivity contribution in [1.82, 2.24) is 9.47 Å². The minimum absolute atomic E-state index is 0.534. The maximum atomic E-state index is 11.1. The first kappa shape index (κ1) is 19.3. The third-order valence-corrected chi connectivity index (χ3v) is 6.74. The first-order valence-electron chi connectivity index (χ1n) is 11.1. The molecule has 0 aliphatic carbocycles. The average Bonchev–Trinajstić information content (AvgIpc) is 3.10. The monoisotopic (exact) mass is 398 g/mol. The molecule has 1 atom stereocenters. The molecule has 1 aliphatic heterocycles. The van der Waals surface area contributed by atoms with Crippen LogP contribution in [0.3, 0.4) is 0 Å². The Kier molecular flexibility index (Phi) is 5.10. The molecule has 3 nitrogen and oxygen atoms in total. The van der Waals surface area contributed by atoms with Crippen molar-refractivity contribution < 1.29 is 5.11 Å². The van der Waals surface area contributed by atoms with Gasteiger partial charge in [0.2, 0.25) is 0 Å². The molecule has 0 saturated carbocycles. The second-order valence-corrected chi connectivity index (χ2v) is 8.95. The molecule has 3 aromatic carbocycles. The lowest BCUT2D eigenvalue weighted by atomic mass is 9.84. The molecule has 3 heteroatoms. The Labute approximate surface area is 178 Å². The van der Waals surface area contributed by atoms with E-state index in [0.29, 0.717) is 5.92 Å². The summed E-state index contributed by atoms with van der Waals surface area (Å²) in [5.41, 5.74) is 3.03. The van der Waals surface area contributed by atoms with Crippen molar-refractivity contribution >= 4 is 21.8 Å². The van der Waals surface area contributed by atoms with E-state index in [9.17, 15) is 5.11 Å². The Morgan fingerprint density at radius 1 is 0.767 bits per heavy atom. The zero-order chi connectivity index (χ0) is 20.6. The maximum Gasteiger partial charge on any atom is 0.0920 e. The van der Waals surface area contributed by atoms with E-state index in [2.05, 4.69) is 77.1 Å². The molecule has 1 aromatic heterocycles. The SMILES string of the molecule is C[C@H](CN1CCC(O)(c2ccccc2)CC1)Cn1c2ccccc2c2ccccc21. The zero-order valence-corrected chi connectivity index (χ0v) is 17.7. The van der Waals surface area contributed by atoms with E-state index in [1.165, 1.54) is 21.8 Å². The molecular weight excluding hydrogens is 368 g/mol. The molecule has 4 aromatic rings. The third kappa shape index (κ3) is 3.53. The quantitative estimate of drug-likeness (QED) is 0.487. The second kappa shape index (κ2) is 7.90. The standard InChI is InChI=1S/C27H30N2O/c1-21(19-28-17-15-27(30,16-18-28)22-9-3-2-4-10-22)20-29-25-13-7-5-11-23(25)24-12-6-8-14-26(24)29/h2-14,21,30H,15-20H2,1H3/t21-/m1/s1. The van der Waals surface area contributed by atoms with E-state index < -0.39 is 5.60 Å². The number of hydrogen-bond acceptors (Lipinski definition) is 2. The highest BCUT2D eigenvalue weighted by Crippen LogP contribution is 2.33. The number of aliphatic hydroxyl groups is 1. The fraction of sp³-hybridized carbons (Fsp3) is 0.333. The van der Waals surface area contributed by atoms with Gasteiger partial charge < -0.3 is 14.6 Å². The van der Waals surface area contributed by atoms with Crippen LogP contribution < -0.4 is 0 Å². The van der Waals surface area contributed by atoms with E-state index in [4.69, 9.17) is 0 Å². The van der Waals surface area contributed by atoms with E-state index >= 15 is 0 Å². The fourth-order valence-corrected chi connectivity index (χ4v) is 5.15. The summed E-state index contributed by atoms with van der Waals surface area (Å²) in [5.74, 6) is 0.534. The van der Waals surface area contributed by atoms with Crippen LogP contribution >= 0.6 is 0 Å². The summed E-state index contributed by atoms with van der Waals surface area (Å²) in [6.07, 6.45) is 1.61. The molecule has 0 spiro atoms. The van der Waals surface area contributed by atoms with Crippen LogP contribution in [0.2, 0.25) is 0 Å². The molecule has 1 saturated heterocycles. The predicted octanol–water partition coefficient (Wildman–Crippen LogP) is 5.41. The van der Waals surface area contributed by atoms with Gasteiger partial charge >= 0.3 is 0 Å². The lowest BCUT2D eigenvalue weighted by Crippen LogP contribution is -2.44. The molecule has 0 amide bonds. The average molecular weight is 399 g/mol. The molecule has 0 radical (unpaired) electrons. The van der Waals surface area contributed by atoms with E-state index in [1.54, 1.807) is 0 Å². The number of piperidine rings is 1. The molecule has 0 unspecified atom stereocenters. The van der Waals surface area contributed by atoms with Crippen molar-refractivity contribution in [3.63, 3.8) is 0 Å². The number of benzene rings is 3. The molecule has 1 N–H and O–H groups in total. The van der Waals surface area contributed by atoms with Crippen LogP contribution in [0.15, 0.2) is 78.9 Å². The van der Waals surface area contributed by atoms with Crippen LogP contribution in [-0.2, 0) is 12.1 Å². The normalized spacial score (nSPS) is 18.1. The summed E-state index contributed by atoms with van der Waals surface area (Å²) in [5, 5.41) is 13.8. The Bertz CT molecular complexity index is 1090. The largest absolute Gasteiger partial charge is 0.385 e. The van der Waals surface area contributed by atoms with Gasteiger partial charge in [-0.15, -0.1) is 0 Å². The third-order valence-electron chi connectivity index (χ3n) is 6.74. The Balaban J connectivity index is 1.29. The highest BCUT2D eigenvalue weighted by Gasteiger charge is 2.34. The van der Waals surface area contributed by atoms with Gasteiger partial charge in [-0.2, -0.15) is 0 Å². The second-order valence-electron chi connectivity index (χ2n) is 8.95. The minimum Gasteiger partial charge on any atom is -0.385 e. The molecular formula is C27H30N2O. The Morgan fingerprint density at radius 3 is 1.90 bits per heavy atom. The molecule has 154 valence electrons. The van der Waals surface area contributed by atoms with Gasteiger partial charge in [-0.1, -0.05) is 73.7 Å². The van der Waals surface area contributed by atoms with Crippen LogP contribution in [-0.4, -0.2) is 34.2 Å². The van der Waals surface area contributed by atoms with Crippen LogP contribution in [0.4, 0.5) is 0 Å². The molecule has 0 bridgehead atoms. The summed E-state index contributed by atoms with van der Waals surface area (Å²) in [6, 6.07) is 27.6. The topological polar surface area (TPSA) is 28.4 Å². The Morgan fingerprint density at radius 2 is 1.30 bits per heavy atom.